The first kappa shape index (κ1) is 14.0. The van der Waals surface area contributed by atoms with Gasteiger partial charge in [-0.3, -0.25) is 4.90 Å². The zero-order chi connectivity index (χ0) is 14.7. The van der Waals surface area contributed by atoms with E-state index < -0.39 is 0 Å². The normalized spacial score (nSPS) is 14.0. The molecule has 3 nitrogen and oxygen atoms in total. The molecule has 0 spiro atoms. The Morgan fingerprint density at radius 2 is 1.48 bits per heavy atom. The third-order valence-electron chi connectivity index (χ3n) is 4.05. The van der Waals surface area contributed by atoms with Gasteiger partial charge in [0.1, 0.15) is 0 Å². The van der Waals surface area contributed by atoms with Gasteiger partial charge in [-0.1, -0.05) is 30.3 Å². The molecule has 0 radical (unpaired) electrons. The van der Waals surface area contributed by atoms with Crippen LogP contribution in [0.1, 0.15) is 16.7 Å². The summed E-state index contributed by atoms with van der Waals surface area (Å²) in [5, 5.41) is 0. The molecule has 2 aromatic carbocycles. The Balaban J connectivity index is 1.67. The van der Waals surface area contributed by atoms with Gasteiger partial charge < -0.3 is 9.47 Å². The first-order valence-corrected chi connectivity index (χ1v) is 7.30. The second kappa shape index (κ2) is 6.19. The zero-order valence-electron chi connectivity index (χ0n) is 12.6. The van der Waals surface area contributed by atoms with Crippen molar-refractivity contribution in [3.05, 3.63) is 59.2 Å². The SMILES string of the molecule is COc1cc2c(cc1OC)CN(CCc1ccccc1)C2. The molecule has 3 heteroatoms. The molecule has 1 aliphatic heterocycles. The van der Waals surface area contributed by atoms with Crippen molar-refractivity contribution in [3.63, 3.8) is 0 Å². The minimum atomic E-state index is 0.821. The minimum absolute atomic E-state index is 0.821. The number of hydrogen-bond donors (Lipinski definition) is 0. The molecule has 110 valence electrons. The number of ether oxygens (including phenoxy) is 2. The van der Waals surface area contributed by atoms with Crippen molar-refractivity contribution in [1.82, 2.24) is 4.90 Å². The van der Waals surface area contributed by atoms with E-state index in [9.17, 15) is 0 Å². The number of fused-ring (bicyclic) bond motifs is 1. The molecule has 0 atom stereocenters. The van der Waals surface area contributed by atoms with Gasteiger partial charge >= 0.3 is 0 Å². The lowest BCUT2D eigenvalue weighted by Gasteiger charge is -2.14. The average molecular weight is 283 g/mol. The van der Waals surface area contributed by atoms with Gasteiger partial charge in [0.2, 0.25) is 0 Å². The van der Waals surface area contributed by atoms with Crippen molar-refractivity contribution in [2.75, 3.05) is 20.8 Å². The maximum atomic E-state index is 5.38. The van der Waals surface area contributed by atoms with Crippen LogP contribution in [-0.2, 0) is 19.5 Å². The molecule has 0 bridgehead atoms. The summed E-state index contributed by atoms with van der Waals surface area (Å²) in [4.78, 5) is 2.47. The van der Waals surface area contributed by atoms with Crippen molar-refractivity contribution in [1.29, 1.82) is 0 Å². The van der Waals surface area contributed by atoms with E-state index in [-0.39, 0.29) is 0 Å². The lowest BCUT2D eigenvalue weighted by molar-refractivity contribution is 0.288. The van der Waals surface area contributed by atoms with Crippen molar-refractivity contribution >= 4 is 0 Å². The summed E-state index contributed by atoms with van der Waals surface area (Å²) in [6.45, 7) is 3.05. The van der Waals surface area contributed by atoms with Gasteiger partial charge in [0.05, 0.1) is 14.2 Å². The molecule has 3 rings (SSSR count). The van der Waals surface area contributed by atoms with Crippen LogP contribution in [-0.4, -0.2) is 25.7 Å². The maximum Gasteiger partial charge on any atom is 0.161 e. The van der Waals surface area contributed by atoms with E-state index >= 15 is 0 Å². The summed E-state index contributed by atoms with van der Waals surface area (Å²) in [5.41, 5.74) is 4.09. The predicted octanol–water partition coefficient (Wildman–Crippen LogP) is 3.26. The van der Waals surface area contributed by atoms with Crippen LogP contribution in [0.2, 0.25) is 0 Å². The first-order valence-electron chi connectivity index (χ1n) is 7.30. The number of hydrogen-bond acceptors (Lipinski definition) is 3. The Labute approximate surface area is 126 Å². The van der Waals surface area contributed by atoms with Gasteiger partial charge in [0, 0.05) is 19.6 Å². The first-order chi connectivity index (χ1) is 10.3. The summed E-state index contributed by atoms with van der Waals surface area (Å²) >= 11 is 0. The van der Waals surface area contributed by atoms with Crippen LogP contribution in [0.4, 0.5) is 0 Å². The molecule has 1 heterocycles. The van der Waals surface area contributed by atoms with Crippen LogP contribution in [0.15, 0.2) is 42.5 Å². The Kier molecular flexibility index (Phi) is 4.11. The van der Waals surface area contributed by atoms with Gasteiger partial charge in [-0.05, 0) is 35.2 Å². The second-order valence-electron chi connectivity index (χ2n) is 5.42. The van der Waals surface area contributed by atoms with Crippen LogP contribution in [0.25, 0.3) is 0 Å². The molecule has 21 heavy (non-hydrogen) atoms. The summed E-state index contributed by atoms with van der Waals surface area (Å²) in [7, 11) is 3.37. The maximum absolute atomic E-state index is 5.38. The number of nitrogens with zero attached hydrogens (tertiary/aromatic N) is 1. The van der Waals surface area contributed by atoms with Crippen molar-refractivity contribution < 1.29 is 9.47 Å². The van der Waals surface area contributed by atoms with E-state index in [0.717, 1.165) is 37.6 Å². The molecular weight excluding hydrogens is 262 g/mol. The third-order valence-corrected chi connectivity index (χ3v) is 4.05. The van der Waals surface area contributed by atoms with Crippen molar-refractivity contribution in [2.24, 2.45) is 0 Å². The van der Waals surface area contributed by atoms with Gasteiger partial charge in [0.15, 0.2) is 11.5 Å². The fourth-order valence-corrected chi connectivity index (χ4v) is 2.89. The summed E-state index contributed by atoms with van der Waals surface area (Å²) in [6.07, 6.45) is 1.09. The van der Waals surface area contributed by atoms with Crippen LogP contribution < -0.4 is 9.47 Å². The van der Waals surface area contributed by atoms with Gasteiger partial charge in [-0.25, -0.2) is 0 Å². The van der Waals surface area contributed by atoms with Crippen LogP contribution in [0.5, 0.6) is 11.5 Å². The fraction of sp³-hybridized carbons (Fsp3) is 0.333. The molecule has 0 N–H and O–H groups in total. The van der Waals surface area contributed by atoms with E-state index in [1.165, 1.54) is 16.7 Å². The molecule has 0 aliphatic carbocycles. The van der Waals surface area contributed by atoms with Crippen molar-refractivity contribution in [2.45, 2.75) is 19.5 Å². The Morgan fingerprint density at radius 1 is 0.905 bits per heavy atom. The topological polar surface area (TPSA) is 21.7 Å². The van der Waals surface area contributed by atoms with Crippen molar-refractivity contribution in [3.8, 4) is 11.5 Å². The molecule has 0 saturated carbocycles. The highest BCUT2D eigenvalue weighted by atomic mass is 16.5. The highest BCUT2D eigenvalue weighted by Crippen LogP contribution is 2.34. The molecule has 2 aromatic rings. The third kappa shape index (κ3) is 3.03. The summed E-state index contributed by atoms with van der Waals surface area (Å²) < 4.78 is 10.8. The molecule has 1 aliphatic rings. The van der Waals surface area contributed by atoms with E-state index in [2.05, 4.69) is 47.4 Å². The largest absolute Gasteiger partial charge is 0.493 e. The fourth-order valence-electron chi connectivity index (χ4n) is 2.89. The molecule has 0 amide bonds. The van der Waals surface area contributed by atoms with Crippen LogP contribution in [0, 0.1) is 0 Å². The van der Waals surface area contributed by atoms with Crippen LogP contribution in [0.3, 0.4) is 0 Å². The second-order valence-corrected chi connectivity index (χ2v) is 5.42. The van der Waals surface area contributed by atoms with E-state index in [4.69, 9.17) is 9.47 Å². The standard InChI is InChI=1S/C18H21NO2/c1-20-17-10-15-12-19(13-16(15)11-18(17)21-2)9-8-14-6-4-3-5-7-14/h3-7,10-11H,8-9,12-13H2,1-2H3. The molecule has 0 aromatic heterocycles. The van der Waals surface area contributed by atoms with Gasteiger partial charge in [-0.2, -0.15) is 0 Å². The van der Waals surface area contributed by atoms with E-state index in [1.807, 2.05) is 0 Å². The number of methoxy groups -OCH3 is 2. The lowest BCUT2D eigenvalue weighted by Crippen LogP contribution is -2.19. The smallest absolute Gasteiger partial charge is 0.161 e. The predicted molar refractivity (Wildman–Crippen MR) is 83.8 cm³/mol. The Morgan fingerprint density at radius 3 is 2.00 bits per heavy atom. The van der Waals surface area contributed by atoms with Gasteiger partial charge in [0.25, 0.3) is 0 Å². The molecular formula is C18H21NO2. The minimum Gasteiger partial charge on any atom is -0.493 e. The zero-order valence-corrected chi connectivity index (χ0v) is 12.6. The molecule has 0 fully saturated rings. The number of rotatable bonds is 5. The summed E-state index contributed by atoms with van der Waals surface area (Å²) in [6, 6.07) is 14.9. The number of benzene rings is 2. The van der Waals surface area contributed by atoms with E-state index in [1.54, 1.807) is 14.2 Å². The highest BCUT2D eigenvalue weighted by molar-refractivity contribution is 5.48. The highest BCUT2D eigenvalue weighted by Gasteiger charge is 2.21. The molecule has 0 saturated heterocycles. The quantitative estimate of drug-likeness (QED) is 0.840. The Hall–Kier alpha value is -2.00. The van der Waals surface area contributed by atoms with Crippen LogP contribution >= 0.6 is 0 Å². The monoisotopic (exact) mass is 283 g/mol. The summed E-state index contributed by atoms with van der Waals surface area (Å²) in [5.74, 6) is 1.64. The average Bonchev–Trinajstić information content (AvgIpc) is 2.94. The van der Waals surface area contributed by atoms with E-state index in [0.29, 0.717) is 0 Å². The Bertz CT molecular complexity index is 577. The molecule has 0 unspecified atom stereocenters. The lowest BCUT2D eigenvalue weighted by atomic mass is 10.1. The van der Waals surface area contributed by atoms with Gasteiger partial charge in [-0.15, -0.1) is 0 Å².